The number of aromatic nitrogens is 2. The molecule has 4 heterocycles. The number of benzene rings is 6. The Balaban J connectivity index is 1.11. The second-order valence-electron chi connectivity index (χ2n) is 18.5. The van der Waals surface area contributed by atoms with Gasteiger partial charge in [0.05, 0.1) is 17.1 Å². The monoisotopic (exact) mass is 808 g/mol. The van der Waals surface area contributed by atoms with Crippen LogP contribution in [0, 0.1) is 6.92 Å². The van der Waals surface area contributed by atoms with Gasteiger partial charge in [-0.2, -0.15) is 0 Å². The lowest BCUT2D eigenvalue weighted by molar-refractivity contribution is 0.477. The number of phenolic OH excluding ortho intramolecular Hbond substituents is 1. The lowest BCUT2D eigenvalue weighted by Gasteiger charge is -2.26. The highest BCUT2D eigenvalue weighted by Gasteiger charge is 2.23. The number of furan rings is 2. The van der Waals surface area contributed by atoms with Crippen molar-refractivity contribution in [2.24, 2.45) is 0 Å². The molecule has 0 spiro atoms. The fraction of sp³-hybridized carbons (Fsp3) is 0.158. The molecule has 0 saturated heterocycles. The van der Waals surface area contributed by atoms with Crippen LogP contribution in [0.5, 0.6) is 5.75 Å². The Bertz CT molecular complexity index is 3320. The predicted molar refractivity (Wildman–Crippen MR) is 255 cm³/mol. The van der Waals surface area contributed by atoms with Crippen LogP contribution >= 0.6 is 0 Å². The third kappa shape index (κ3) is 7.13. The summed E-state index contributed by atoms with van der Waals surface area (Å²) in [4.78, 5) is 10.3. The number of para-hydroxylation sites is 3. The summed E-state index contributed by atoms with van der Waals surface area (Å²) in [6.45, 7) is 15.6. The molecule has 0 saturated carbocycles. The molecule has 5 heteroatoms. The summed E-state index contributed by atoms with van der Waals surface area (Å²) in [6.07, 6.45) is 0. The van der Waals surface area contributed by atoms with E-state index in [2.05, 4.69) is 145 Å². The molecule has 1 N–H and O–H groups in total. The lowest BCUT2D eigenvalue weighted by atomic mass is 9.79. The van der Waals surface area contributed by atoms with Gasteiger partial charge in [-0.15, -0.1) is 0 Å². The van der Waals surface area contributed by atoms with Crippen LogP contribution in [0.1, 0.15) is 58.4 Å². The summed E-state index contributed by atoms with van der Waals surface area (Å²) in [5.74, 6) is 0.966. The number of hydrogen-bond donors (Lipinski definition) is 1. The lowest BCUT2D eigenvalue weighted by Crippen LogP contribution is -2.16. The minimum absolute atomic E-state index is 0.0499. The van der Waals surface area contributed by atoms with E-state index in [0.717, 1.165) is 94.7 Å². The molecule has 10 rings (SSSR count). The Morgan fingerprint density at radius 3 is 1.71 bits per heavy atom. The second-order valence-corrected chi connectivity index (χ2v) is 18.5. The molecule has 0 aliphatic heterocycles. The number of rotatable bonds is 6. The Labute approximate surface area is 362 Å². The van der Waals surface area contributed by atoms with Crippen LogP contribution in [0.3, 0.4) is 0 Å². The minimum atomic E-state index is -0.0499. The highest BCUT2D eigenvalue weighted by Crippen LogP contribution is 2.44. The van der Waals surface area contributed by atoms with Crippen LogP contribution in [-0.4, -0.2) is 15.1 Å². The number of phenols is 1. The van der Waals surface area contributed by atoms with Gasteiger partial charge >= 0.3 is 0 Å². The maximum Gasteiger partial charge on any atom is 0.143 e. The highest BCUT2D eigenvalue weighted by atomic mass is 16.3. The van der Waals surface area contributed by atoms with Crippen molar-refractivity contribution in [2.45, 2.75) is 59.3 Å². The maximum absolute atomic E-state index is 11.1. The third-order valence-electron chi connectivity index (χ3n) is 11.9. The SMILES string of the molecule is Cc1cc(-c2oc3ccccc3c2-c2ccc3c(c2)oc2ccccc23)cc(-c2cccc(-c3cc(-c4cc(C(C)(C)C)cc(C(C)(C)C)c4)cc(-c4ccccc4O)n3)c2)n1. The Morgan fingerprint density at radius 2 is 1.00 bits per heavy atom. The molecule has 0 bridgehead atoms. The van der Waals surface area contributed by atoms with E-state index in [1.807, 2.05) is 55.5 Å². The van der Waals surface area contributed by atoms with Crippen molar-refractivity contribution in [1.29, 1.82) is 0 Å². The van der Waals surface area contributed by atoms with Crippen molar-refractivity contribution >= 4 is 32.9 Å². The zero-order valence-electron chi connectivity index (χ0n) is 36.2. The summed E-state index contributed by atoms with van der Waals surface area (Å²) in [5.41, 5.74) is 15.9. The number of pyridine rings is 2. The average molecular weight is 809 g/mol. The van der Waals surface area contributed by atoms with Gasteiger partial charge in [0.25, 0.3) is 0 Å². The number of fused-ring (bicyclic) bond motifs is 4. The van der Waals surface area contributed by atoms with Crippen molar-refractivity contribution < 1.29 is 13.9 Å². The van der Waals surface area contributed by atoms with Crippen LogP contribution in [0.25, 0.3) is 100 Å². The van der Waals surface area contributed by atoms with E-state index >= 15 is 0 Å². The molecule has 0 unspecified atom stereocenters. The molecule has 0 amide bonds. The summed E-state index contributed by atoms with van der Waals surface area (Å²) in [5, 5.41) is 14.3. The fourth-order valence-electron chi connectivity index (χ4n) is 8.54. The molecule has 5 nitrogen and oxygen atoms in total. The molecule has 0 aliphatic rings. The van der Waals surface area contributed by atoms with Crippen molar-refractivity contribution in [2.75, 3.05) is 0 Å². The predicted octanol–water partition coefficient (Wildman–Crippen LogP) is 15.7. The first-order valence-electron chi connectivity index (χ1n) is 21.3. The normalized spacial score (nSPS) is 12.2. The average Bonchev–Trinajstić information content (AvgIpc) is 3.84. The molecule has 0 fully saturated rings. The first kappa shape index (κ1) is 38.9. The quantitative estimate of drug-likeness (QED) is 0.181. The van der Waals surface area contributed by atoms with Gasteiger partial charge in [-0.25, -0.2) is 4.98 Å². The number of aromatic hydroxyl groups is 1. The van der Waals surface area contributed by atoms with E-state index in [1.165, 1.54) is 11.1 Å². The molecular formula is C57H48N2O3. The summed E-state index contributed by atoms with van der Waals surface area (Å²) in [7, 11) is 0. The van der Waals surface area contributed by atoms with E-state index in [4.69, 9.17) is 18.8 Å². The standard InChI is InChI=1S/C57H48N2O3/c1-34-25-40(55-54(46-19-10-13-22-52(46)62-55)37-23-24-44-43-17-9-12-21-51(43)61-53(44)32-37)31-47(58-34)35-15-14-16-36(26-35)48-29-39(30-49(59-48)45-18-8-11-20-50(45)60)38-27-41(56(2,3)4)33-42(28-38)57(5,6)7/h8-33,60H,1-7H3. The molecule has 10 aromatic rings. The van der Waals surface area contributed by atoms with E-state index in [0.29, 0.717) is 11.3 Å². The molecule has 6 aromatic carbocycles. The van der Waals surface area contributed by atoms with Gasteiger partial charge in [0.15, 0.2) is 0 Å². The second kappa shape index (κ2) is 14.7. The van der Waals surface area contributed by atoms with Crippen LogP contribution in [0.2, 0.25) is 0 Å². The first-order valence-corrected chi connectivity index (χ1v) is 21.3. The Morgan fingerprint density at radius 1 is 0.419 bits per heavy atom. The summed E-state index contributed by atoms with van der Waals surface area (Å²) < 4.78 is 13.1. The zero-order valence-corrected chi connectivity index (χ0v) is 36.2. The van der Waals surface area contributed by atoms with Crippen LogP contribution < -0.4 is 0 Å². The molecule has 304 valence electrons. The Hall–Kier alpha value is -7.24. The maximum atomic E-state index is 11.1. The smallest absolute Gasteiger partial charge is 0.143 e. The summed E-state index contributed by atoms with van der Waals surface area (Å²) in [6, 6.07) is 54.1. The first-order chi connectivity index (χ1) is 29.8. The Kier molecular flexibility index (Phi) is 9.26. The highest BCUT2D eigenvalue weighted by molar-refractivity contribution is 6.08. The molecule has 4 aromatic heterocycles. The number of aryl methyl sites for hydroxylation is 1. The number of nitrogens with zero attached hydrogens (tertiary/aromatic N) is 2. The van der Waals surface area contributed by atoms with Gasteiger partial charge < -0.3 is 13.9 Å². The van der Waals surface area contributed by atoms with Crippen molar-refractivity contribution in [3.63, 3.8) is 0 Å². The topological polar surface area (TPSA) is 72.3 Å². The van der Waals surface area contributed by atoms with Crippen molar-refractivity contribution in [3.8, 4) is 73.1 Å². The van der Waals surface area contributed by atoms with Gasteiger partial charge in [-0.1, -0.05) is 133 Å². The van der Waals surface area contributed by atoms with E-state index in [1.54, 1.807) is 6.07 Å². The van der Waals surface area contributed by atoms with E-state index in [-0.39, 0.29) is 16.6 Å². The van der Waals surface area contributed by atoms with Crippen molar-refractivity contribution in [3.05, 3.63) is 175 Å². The van der Waals surface area contributed by atoms with Crippen LogP contribution in [0.15, 0.2) is 167 Å². The van der Waals surface area contributed by atoms with Gasteiger partial charge in [0.1, 0.15) is 28.3 Å². The third-order valence-corrected chi connectivity index (χ3v) is 11.9. The molecule has 62 heavy (non-hydrogen) atoms. The fourth-order valence-corrected chi connectivity index (χ4v) is 8.54. The zero-order chi connectivity index (χ0) is 42.9. The van der Waals surface area contributed by atoms with E-state index < -0.39 is 0 Å². The molecule has 0 aliphatic carbocycles. The largest absolute Gasteiger partial charge is 0.507 e. The van der Waals surface area contributed by atoms with Gasteiger partial charge in [0.2, 0.25) is 0 Å². The van der Waals surface area contributed by atoms with Crippen LogP contribution in [0.4, 0.5) is 0 Å². The van der Waals surface area contributed by atoms with Gasteiger partial charge in [-0.05, 0) is 112 Å². The number of hydrogen-bond acceptors (Lipinski definition) is 5. The van der Waals surface area contributed by atoms with Crippen LogP contribution in [-0.2, 0) is 10.8 Å². The summed E-state index contributed by atoms with van der Waals surface area (Å²) >= 11 is 0. The van der Waals surface area contributed by atoms with Gasteiger partial charge in [0, 0.05) is 49.7 Å². The van der Waals surface area contributed by atoms with Crippen molar-refractivity contribution in [1.82, 2.24) is 9.97 Å². The van der Waals surface area contributed by atoms with E-state index in [9.17, 15) is 5.11 Å². The minimum Gasteiger partial charge on any atom is -0.507 e. The molecular weight excluding hydrogens is 761 g/mol. The molecule has 0 atom stereocenters. The molecule has 0 radical (unpaired) electrons. The van der Waals surface area contributed by atoms with Gasteiger partial charge in [-0.3, -0.25) is 4.98 Å².